The van der Waals surface area contributed by atoms with E-state index in [0.717, 1.165) is 44.6 Å². The number of nitrogen functional groups attached to an aromatic ring is 1. The van der Waals surface area contributed by atoms with Gasteiger partial charge in [0.25, 0.3) is 0 Å². The second kappa shape index (κ2) is 7.02. The summed E-state index contributed by atoms with van der Waals surface area (Å²) in [6.45, 7) is 4.51. The van der Waals surface area contributed by atoms with Gasteiger partial charge in [-0.3, -0.25) is 0 Å². The van der Waals surface area contributed by atoms with E-state index in [9.17, 15) is 0 Å². The second-order valence-corrected chi connectivity index (χ2v) is 5.24. The summed E-state index contributed by atoms with van der Waals surface area (Å²) in [4.78, 5) is 4.17. The van der Waals surface area contributed by atoms with Gasteiger partial charge in [0.2, 0.25) is 0 Å². The predicted octanol–water partition coefficient (Wildman–Crippen LogP) is 1.38. The number of ether oxygens (including phenoxy) is 2. The van der Waals surface area contributed by atoms with Gasteiger partial charge in [0, 0.05) is 45.4 Å². The summed E-state index contributed by atoms with van der Waals surface area (Å²) in [6.07, 6.45) is 4.35. The first-order valence-electron chi connectivity index (χ1n) is 7.27. The molecular formula is C15H25N3O2. The molecule has 0 bridgehead atoms. The van der Waals surface area contributed by atoms with Crippen molar-refractivity contribution in [1.82, 2.24) is 10.3 Å². The fourth-order valence-corrected chi connectivity index (χ4v) is 2.95. The van der Waals surface area contributed by atoms with E-state index in [1.807, 2.05) is 12.1 Å². The number of pyridine rings is 1. The van der Waals surface area contributed by atoms with Crippen LogP contribution in [0.1, 0.15) is 25.3 Å². The summed E-state index contributed by atoms with van der Waals surface area (Å²) in [6, 6.07) is 4.18. The first-order valence-corrected chi connectivity index (χ1v) is 7.27. The summed E-state index contributed by atoms with van der Waals surface area (Å²) in [5, 5.41) is 3.56. The number of methoxy groups -OCH3 is 1. The number of anilines is 1. The van der Waals surface area contributed by atoms with E-state index < -0.39 is 0 Å². The van der Waals surface area contributed by atoms with Gasteiger partial charge in [-0.05, 0) is 24.6 Å². The number of nitrogens with zero attached hydrogens (tertiary/aromatic N) is 1. The zero-order valence-electron chi connectivity index (χ0n) is 12.4. The molecule has 2 rings (SSSR count). The fraction of sp³-hybridized carbons (Fsp3) is 0.667. The van der Waals surface area contributed by atoms with Crippen molar-refractivity contribution in [3.05, 3.63) is 23.9 Å². The molecule has 3 N–H and O–H groups in total. The molecule has 1 fully saturated rings. The third-order valence-corrected chi connectivity index (χ3v) is 4.18. The maximum absolute atomic E-state index is 5.97. The molecule has 0 aliphatic carbocycles. The zero-order valence-corrected chi connectivity index (χ0v) is 12.4. The van der Waals surface area contributed by atoms with Gasteiger partial charge in [0.1, 0.15) is 5.82 Å². The van der Waals surface area contributed by atoms with E-state index in [1.54, 1.807) is 13.3 Å². The number of likely N-dealkylation sites (N-methyl/N-ethyl adjacent to an activating group) is 1. The lowest BCUT2D eigenvalue weighted by Crippen LogP contribution is -2.56. The first-order chi connectivity index (χ1) is 9.72. The minimum atomic E-state index is -0.184. The van der Waals surface area contributed by atoms with Crippen LogP contribution in [0.3, 0.4) is 0 Å². The van der Waals surface area contributed by atoms with Crippen molar-refractivity contribution in [3.63, 3.8) is 0 Å². The van der Waals surface area contributed by atoms with Gasteiger partial charge in [-0.15, -0.1) is 0 Å². The molecule has 2 heterocycles. The van der Waals surface area contributed by atoms with E-state index in [4.69, 9.17) is 15.2 Å². The summed E-state index contributed by atoms with van der Waals surface area (Å²) < 4.78 is 11.4. The van der Waals surface area contributed by atoms with Crippen molar-refractivity contribution in [2.45, 2.75) is 37.8 Å². The molecule has 1 aliphatic rings. The Balaban J connectivity index is 2.19. The average molecular weight is 279 g/mol. The molecule has 5 nitrogen and oxygen atoms in total. The molecule has 0 radical (unpaired) electrons. The van der Waals surface area contributed by atoms with E-state index in [-0.39, 0.29) is 11.6 Å². The number of nitrogens with two attached hydrogens (primary N) is 1. The van der Waals surface area contributed by atoms with Crippen LogP contribution in [0.2, 0.25) is 0 Å². The Labute approximate surface area is 120 Å². The Morgan fingerprint density at radius 3 is 2.85 bits per heavy atom. The quantitative estimate of drug-likeness (QED) is 0.823. The Bertz CT molecular complexity index is 419. The highest BCUT2D eigenvalue weighted by molar-refractivity contribution is 5.39. The number of nitrogens with one attached hydrogen (secondary N) is 1. The molecule has 0 amide bonds. The highest BCUT2D eigenvalue weighted by Gasteiger charge is 2.40. The molecule has 0 aromatic carbocycles. The highest BCUT2D eigenvalue weighted by atomic mass is 16.5. The van der Waals surface area contributed by atoms with Gasteiger partial charge in [-0.1, -0.05) is 13.0 Å². The monoisotopic (exact) mass is 279 g/mol. The second-order valence-electron chi connectivity index (χ2n) is 5.24. The van der Waals surface area contributed by atoms with Crippen molar-refractivity contribution in [2.24, 2.45) is 0 Å². The number of hydrogen-bond acceptors (Lipinski definition) is 5. The molecule has 5 heteroatoms. The fourth-order valence-electron chi connectivity index (χ4n) is 2.95. The largest absolute Gasteiger partial charge is 0.383 e. The molecule has 1 atom stereocenters. The minimum Gasteiger partial charge on any atom is -0.383 e. The number of aromatic nitrogens is 1. The molecule has 0 saturated carbocycles. The molecule has 112 valence electrons. The zero-order chi connectivity index (χ0) is 14.4. The van der Waals surface area contributed by atoms with E-state index >= 15 is 0 Å². The summed E-state index contributed by atoms with van der Waals surface area (Å²) in [7, 11) is 1.79. The number of hydrogen-bond donors (Lipinski definition) is 2. The predicted molar refractivity (Wildman–Crippen MR) is 79.6 cm³/mol. The summed E-state index contributed by atoms with van der Waals surface area (Å²) in [5.74, 6) is 0.605. The maximum Gasteiger partial charge on any atom is 0.126 e. The van der Waals surface area contributed by atoms with Crippen LogP contribution in [0.4, 0.5) is 5.82 Å². The molecular weight excluding hydrogens is 254 g/mol. The lowest BCUT2D eigenvalue weighted by atomic mass is 9.82. The molecule has 20 heavy (non-hydrogen) atoms. The Morgan fingerprint density at radius 2 is 2.25 bits per heavy atom. The van der Waals surface area contributed by atoms with Gasteiger partial charge in [0.05, 0.1) is 5.60 Å². The molecule has 0 spiro atoms. The average Bonchev–Trinajstić information content (AvgIpc) is 2.49. The topological polar surface area (TPSA) is 69.4 Å². The Hall–Kier alpha value is -1.17. The van der Waals surface area contributed by atoms with Gasteiger partial charge in [-0.2, -0.15) is 0 Å². The lowest BCUT2D eigenvalue weighted by molar-refractivity contribution is -0.110. The van der Waals surface area contributed by atoms with Gasteiger partial charge < -0.3 is 20.5 Å². The van der Waals surface area contributed by atoms with Gasteiger partial charge in [-0.25, -0.2) is 4.98 Å². The highest BCUT2D eigenvalue weighted by Crippen LogP contribution is 2.30. The first kappa shape index (κ1) is 15.2. The minimum absolute atomic E-state index is 0.184. The van der Waals surface area contributed by atoms with Crippen molar-refractivity contribution in [3.8, 4) is 0 Å². The van der Waals surface area contributed by atoms with Crippen LogP contribution >= 0.6 is 0 Å². The maximum atomic E-state index is 5.97. The van der Waals surface area contributed by atoms with Gasteiger partial charge >= 0.3 is 0 Å². The SMILES string of the molecule is CCNC(Cc1cccnc1N)C1(OC)CCOCC1. The molecule has 1 saturated heterocycles. The van der Waals surface area contributed by atoms with Crippen LogP contribution in [-0.2, 0) is 15.9 Å². The van der Waals surface area contributed by atoms with Crippen molar-refractivity contribution < 1.29 is 9.47 Å². The van der Waals surface area contributed by atoms with Crippen molar-refractivity contribution in [2.75, 3.05) is 32.6 Å². The van der Waals surface area contributed by atoms with Crippen LogP contribution in [0, 0.1) is 0 Å². The van der Waals surface area contributed by atoms with Crippen LogP contribution in [-0.4, -0.2) is 43.5 Å². The van der Waals surface area contributed by atoms with Crippen molar-refractivity contribution in [1.29, 1.82) is 0 Å². The smallest absolute Gasteiger partial charge is 0.126 e. The van der Waals surface area contributed by atoms with Crippen LogP contribution in [0.15, 0.2) is 18.3 Å². The number of rotatable bonds is 6. The normalized spacial score (nSPS) is 19.7. The van der Waals surface area contributed by atoms with Crippen LogP contribution < -0.4 is 11.1 Å². The molecule has 1 aliphatic heterocycles. The summed E-state index contributed by atoms with van der Waals surface area (Å²) >= 11 is 0. The Kier molecular flexibility index (Phi) is 5.34. The van der Waals surface area contributed by atoms with Gasteiger partial charge in [0.15, 0.2) is 0 Å². The third-order valence-electron chi connectivity index (χ3n) is 4.18. The van der Waals surface area contributed by atoms with Crippen LogP contribution in [0.25, 0.3) is 0 Å². The van der Waals surface area contributed by atoms with Crippen LogP contribution in [0.5, 0.6) is 0 Å². The summed E-state index contributed by atoms with van der Waals surface area (Å²) in [5.41, 5.74) is 6.86. The van der Waals surface area contributed by atoms with E-state index in [2.05, 4.69) is 17.2 Å². The standard InChI is InChI=1S/C15H25N3O2/c1-3-17-13(11-12-5-4-8-18-14(12)16)15(19-2)6-9-20-10-7-15/h4-5,8,13,17H,3,6-7,9-11H2,1-2H3,(H2,16,18). The molecule has 1 unspecified atom stereocenters. The molecule has 1 aromatic heterocycles. The Morgan fingerprint density at radius 1 is 1.50 bits per heavy atom. The third kappa shape index (κ3) is 3.29. The molecule has 1 aromatic rings. The lowest BCUT2D eigenvalue weighted by Gasteiger charge is -2.42. The van der Waals surface area contributed by atoms with E-state index in [1.165, 1.54) is 0 Å². The van der Waals surface area contributed by atoms with E-state index in [0.29, 0.717) is 5.82 Å². The van der Waals surface area contributed by atoms with Crippen molar-refractivity contribution >= 4 is 5.82 Å².